The van der Waals surface area contributed by atoms with Crippen molar-refractivity contribution in [1.29, 1.82) is 0 Å². The van der Waals surface area contributed by atoms with Gasteiger partial charge in [-0.1, -0.05) is 0 Å². The average Bonchev–Trinajstić information content (AvgIpc) is 2.42. The summed E-state index contributed by atoms with van der Waals surface area (Å²) in [5, 5.41) is 0. The predicted molar refractivity (Wildman–Crippen MR) is 66.3 cm³/mol. The Kier molecular flexibility index (Phi) is 6.78. The molecule has 0 radical (unpaired) electrons. The summed E-state index contributed by atoms with van der Waals surface area (Å²) in [5.41, 5.74) is 2.55. The highest BCUT2D eigenvalue weighted by Crippen LogP contribution is 2.11. The molecule has 0 bridgehead atoms. The third-order valence-electron chi connectivity index (χ3n) is 2.18. The highest BCUT2D eigenvalue weighted by Gasteiger charge is 2.02. The van der Waals surface area contributed by atoms with Crippen LogP contribution >= 0.6 is 0 Å². The molecule has 100 valence electrons. The number of nitrogens with one attached hydrogen (secondary N) is 1. The van der Waals surface area contributed by atoms with Crippen molar-refractivity contribution in [2.45, 2.75) is 0 Å². The largest absolute Gasteiger partial charge is 0.491 e. The van der Waals surface area contributed by atoms with Crippen LogP contribution in [0.1, 0.15) is 10.4 Å². The summed E-state index contributed by atoms with van der Waals surface area (Å²) >= 11 is 0. The molecule has 1 rings (SSSR count). The fourth-order valence-corrected chi connectivity index (χ4v) is 1.25. The molecule has 0 unspecified atom stereocenters. The number of methoxy groups -OCH3 is 1. The van der Waals surface area contributed by atoms with Gasteiger partial charge in [0, 0.05) is 12.7 Å². The maximum Gasteiger partial charge on any atom is 0.265 e. The first kappa shape index (κ1) is 14.4. The quantitative estimate of drug-likeness (QED) is 0.302. The SMILES string of the molecule is COCCOCCOc1ccc(C(=O)NN)cc1. The number of hydrazine groups is 1. The van der Waals surface area contributed by atoms with Crippen LogP contribution in [-0.4, -0.2) is 39.4 Å². The van der Waals surface area contributed by atoms with Crippen LogP contribution in [0.2, 0.25) is 0 Å². The van der Waals surface area contributed by atoms with Crippen LogP contribution in [0.5, 0.6) is 5.75 Å². The Bertz CT molecular complexity index is 354. The smallest absolute Gasteiger partial charge is 0.265 e. The van der Waals surface area contributed by atoms with Crippen molar-refractivity contribution >= 4 is 5.91 Å². The molecule has 0 aliphatic carbocycles. The van der Waals surface area contributed by atoms with Gasteiger partial charge in [0.25, 0.3) is 5.91 Å². The van der Waals surface area contributed by atoms with E-state index in [4.69, 9.17) is 20.1 Å². The molecule has 0 spiro atoms. The number of hydrogen-bond acceptors (Lipinski definition) is 5. The number of carbonyl (C=O) groups is 1. The third kappa shape index (κ3) is 5.13. The molecule has 0 atom stereocenters. The molecular weight excluding hydrogens is 236 g/mol. The molecule has 0 saturated heterocycles. The van der Waals surface area contributed by atoms with E-state index in [2.05, 4.69) is 5.43 Å². The van der Waals surface area contributed by atoms with Gasteiger partial charge in [0.15, 0.2) is 0 Å². The molecular formula is C12H18N2O4. The van der Waals surface area contributed by atoms with E-state index in [9.17, 15) is 4.79 Å². The van der Waals surface area contributed by atoms with Crippen molar-refractivity contribution in [2.24, 2.45) is 5.84 Å². The minimum atomic E-state index is -0.329. The molecule has 0 aliphatic heterocycles. The lowest BCUT2D eigenvalue weighted by Gasteiger charge is -2.07. The molecule has 0 saturated carbocycles. The maximum atomic E-state index is 11.2. The summed E-state index contributed by atoms with van der Waals surface area (Å²) in [7, 11) is 1.62. The van der Waals surface area contributed by atoms with Gasteiger partial charge in [-0.15, -0.1) is 0 Å². The molecule has 0 fully saturated rings. The summed E-state index contributed by atoms with van der Waals surface area (Å²) in [6, 6.07) is 6.70. The van der Waals surface area contributed by atoms with E-state index in [0.717, 1.165) is 0 Å². The highest BCUT2D eigenvalue weighted by atomic mass is 16.5. The summed E-state index contributed by atoms with van der Waals surface area (Å²) < 4.78 is 15.5. The molecule has 1 amide bonds. The van der Waals surface area contributed by atoms with E-state index in [1.165, 1.54) is 0 Å². The fourth-order valence-electron chi connectivity index (χ4n) is 1.25. The Balaban J connectivity index is 2.25. The number of nitrogen functional groups attached to an aromatic ring is 1. The Morgan fingerprint density at radius 1 is 1.17 bits per heavy atom. The zero-order valence-electron chi connectivity index (χ0n) is 10.3. The van der Waals surface area contributed by atoms with Crippen LogP contribution in [0, 0.1) is 0 Å². The molecule has 18 heavy (non-hydrogen) atoms. The second kappa shape index (κ2) is 8.46. The van der Waals surface area contributed by atoms with E-state index >= 15 is 0 Å². The van der Waals surface area contributed by atoms with Crippen molar-refractivity contribution < 1.29 is 19.0 Å². The second-order valence-electron chi connectivity index (χ2n) is 3.45. The van der Waals surface area contributed by atoms with Gasteiger partial charge < -0.3 is 14.2 Å². The zero-order chi connectivity index (χ0) is 13.2. The van der Waals surface area contributed by atoms with Crippen molar-refractivity contribution in [2.75, 3.05) is 33.5 Å². The lowest BCUT2D eigenvalue weighted by molar-refractivity contribution is 0.0544. The molecule has 1 aromatic carbocycles. The first-order valence-corrected chi connectivity index (χ1v) is 5.58. The molecule has 0 aliphatic rings. The zero-order valence-corrected chi connectivity index (χ0v) is 10.3. The minimum absolute atomic E-state index is 0.329. The van der Waals surface area contributed by atoms with Gasteiger partial charge in [0.05, 0.1) is 19.8 Å². The van der Waals surface area contributed by atoms with Crippen LogP contribution in [0.4, 0.5) is 0 Å². The van der Waals surface area contributed by atoms with Crippen molar-refractivity contribution in [3.8, 4) is 5.75 Å². The van der Waals surface area contributed by atoms with Crippen molar-refractivity contribution in [1.82, 2.24) is 5.43 Å². The van der Waals surface area contributed by atoms with E-state index < -0.39 is 0 Å². The van der Waals surface area contributed by atoms with E-state index in [1.807, 2.05) is 0 Å². The molecule has 0 heterocycles. The number of rotatable bonds is 8. The van der Waals surface area contributed by atoms with Crippen LogP contribution in [0.25, 0.3) is 0 Å². The summed E-state index contributed by atoms with van der Waals surface area (Å²) in [6.45, 7) is 2.07. The van der Waals surface area contributed by atoms with E-state index in [0.29, 0.717) is 37.7 Å². The Labute approximate surface area is 106 Å². The lowest BCUT2D eigenvalue weighted by Crippen LogP contribution is -2.29. The maximum absolute atomic E-state index is 11.2. The third-order valence-corrected chi connectivity index (χ3v) is 2.18. The molecule has 6 nitrogen and oxygen atoms in total. The van der Waals surface area contributed by atoms with Crippen LogP contribution in [0.15, 0.2) is 24.3 Å². The number of benzene rings is 1. The summed E-state index contributed by atoms with van der Waals surface area (Å²) in [4.78, 5) is 11.2. The number of hydrogen-bond donors (Lipinski definition) is 2. The van der Waals surface area contributed by atoms with Gasteiger partial charge in [-0.25, -0.2) is 5.84 Å². The van der Waals surface area contributed by atoms with E-state index in [-0.39, 0.29) is 5.91 Å². The fraction of sp³-hybridized carbons (Fsp3) is 0.417. The number of amides is 1. The van der Waals surface area contributed by atoms with Crippen molar-refractivity contribution in [3.63, 3.8) is 0 Å². The Morgan fingerprint density at radius 3 is 2.44 bits per heavy atom. The topological polar surface area (TPSA) is 82.8 Å². The molecule has 6 heteroatoms. The highest BCUT2D eigenvalue weighted by molar-refractivity contribution is 5.93. The van der Waals surface area contributed by atoms with Gasteiger partial charge in [-0.3, -0.25) is 10.2 Å². The van der Waals surface area contributed by atoms with Gasteiger partial charge in [-0.2, -0.15) is 0 Å². The first-order chi connectivity index (χ1) is 8.77. The van der Waals surface area contributed by atoms with Crippen LogP contribution < -0.4 is 16.0 Å². The monoisotopic (exact) mass is 254 g/mol. The van der Waals surface area contributed by atoms with Gasteiger partial charge in [0.1, 0.15) is 12.4 Å². The van der Waals surface area contributed by atoms with Gasteiger partial charge >= 0.3 is 0 Å². The van der Waals surface area contributed by atoms with Gasteiger partial charge in [0.2, 0.25) is 0 Å². The van der Waals surface area contributed by atoms with E-state index in [1.54, 1.807) is 31.4 Å². The van der Waals surface area contributed by atoms with Crippen molar-refractivity contribution in [3.05, 3.63) is 29.8 Å². The first-order valence-electron chi connectivity index (χ1n) is 5.58. The number of ether oxygens (including phenoxy) is 3. The lowest BCUT2D eigenvalue weighted by atomic mass is 10.2. The molecule has 3 N–H and O–H groups in total. The molecule has 1 aromatic rings. The van der Waals surface area contributed by atoms with Gasteiger partial charge in [-0.05, 0) is 24.3 Å². The minimum Gasteiger partial charge on any atom is -0.491 e. The normalized spacial score (nSPS) is 10.1. The number of nitrogens with two attached hydrogens (primary N) is 1. The summed E-state index contributed by atoms with van der Waals surface area (Å²) in [5.74, 6) is 5.37. The Morgan fingerprint density at radius 2 is 1.83 bits per heavy atom. The number of carbonyl (C=O) groups excluding carboxylic acids is 1. The predicted octanol–water partition coefficient (Wildman–Crippen LogP) is 0.332. The standard InChI is InChI=1S/C12H18N2O4/c1-16-6-7-17-8-9-18-11-4-2-10(3-5-11)12(15)14-13/h2-5H,6-9,13H2,1H3,(H,14,15). The van der Waals surface area contributed by atoms with Crippen LogP contribution in [-0.2, 0) is 9.47 Å². The van der Waals surface area contributed by atoms with Crippen LogP contribution in [0.3, 0.4) is 0 Å². The average molecular weight is 254 g/mol. The summed E-state index contributed by atoms with van der Waals surface area (Å²) in [6.07, 6.45) is 0. The second-order valence-corrected chi connectivity index (χ2v) is 3.45. The molecule has 0 aromatic heterocycles. The Hall–Kier alpha value is -1.63.